The fraction of sp³-hybridized carbons (Fsp3) is 0.400. The number of rotatable bonds is 2. The van der Waals surface area contributed by atoms with Gasteiger partial charge in [-0.3, -0.25) is 4.79 Å². The highest BCUT2D eigenvalue weighted by Crippen LogP contribution is 2.17. The molecule has 0 radical (unpaired) electrons. The molecule has 0 saturated carbocycles. The molecule has 1 N–H and O–H groups in total. The maximum Gasteiger partial charge on any atom is 0.270 e. The third-order valence-corrected chi connectivity index (χ3v) is 3.94. The Kier molecular flexibility index (Phi) is 4.02. The van der Waals surface area contributed by atoms with E-state index in [0.717, 1.165) is 30.4 Å². The van der Waals surface area contributed by atoms with E-state index in [1.54, 1.807) is 12.3 Å². The van der Waals surface area contributed by atoms with Crippen molar-refractivity contribution in [2.24, 2.45) is 0 Å². The summed E-state index contributed by atoms with van der Waals surface area (Å²) in [6, 6.07) is 3.64. The Hall–Kier alpha value is -2.08. The molecule has 2 aromatic rings. The molecule has 6 nitrogen and oxygen atoms in total. The lowest BCUT2D eigenvalue weighted by molar-refractivity contribution is 0.0741. The smallest absolute Gasteiger partial charge is 0.270 e. The first-order valence-electron chi connectivity index (χ1n) is 7.23. The van der Waals surface area contributed by atoms with Crippen LogP contribution in [0.5, 0.6) is 0 Å². The van der Waals surface area contributed by atoms with E-state index < -0.39 is 0 Å². The molecule has 3 heterocycles. The van der Waals surface area contributed by atoms with Crippen molar-refractivity contribution in [1.29, 1.82) is 0 Å². The molecule has 0 unspecified atom stereocenters. The largest absolute Gasteiger partial charge is 0.356 e. The normalized spacial score (nSPS) is 15.2. The number of anilines is 1. The van der Waals surface area contributed by atoms with Gasteiger partial charge in [0.25, 0.3) is 5.91 Å². The van der Waals surface area contributed by atoms with Crippen molar-refractivity contribution in [3.8, 4) is 0 Å². The van der Waals surface area contributed by atoms with E-state index in [1.807, 2.05) is 24.8 Å². The molecule has 0 bridgehead atoms. The van der Waals surface area contributed by atoms with Gasteiger partial charge in [-0.25, -0.2) is 9.97 Å². The van der Waals surface area contributed by atoms with Crippen LogP contribution < -0.4 is 4.90 Å². The van der Waals surface area contributed by atoms with Gasteiger partial charge in [0.15, 0.2) is 0 Å². The fourth-order valence-electron chi connectivity index (χ4n) is 2.66. The minimum atomic E-state index is -0.0124. The van der Waals surface area contributed by atoms with E-state index in [9.17, 15) is 4.79 Å². The molecule has 2 aromatic heterocycles. The highest BCUT2D eigenvalue weighted by Gasteiger charge is 2.23. The maximum absolute atomic E-state index is 12.4. The number of nitrogens with zero attached hydrogens (tertiary/aromatic N) is 4. The molecule has 1 aliphatic rings. The first-order valence-corrected chi connectivity index (χ1v) is 7.61. The summed E-state index contributed by atoms with van der Waals surface area (Å²) in [4.78, 5) is 28.1. The van der Waals surface area contributed by atoms with Gasteiger partial charge in [-0.2, -0.15) is 0 Å². The average Bonchev–Trinajstić information content (AvgIpc) is 2.92. The standard InChI is InChI=1S/C15H18ClN5O/c1-10-7-14(19-11(2)18-10)20-3-5-21(6-4-20)15(22)13-8-12(16)9-17-13/h7-9,17H,3-6H2,1-2H3. The zero-order valence-corrected chi connectivity index (χ0v) is 13.4. The molecule has 0 atom stereocenters. The van der Waals surface area contributed by atoms with Crippen LogP contribution >= 0.6 is 11.6 Å². The summed E-state index contributed by atoms with van der Waals surface area (Å²) in [7, 11) is 0. The quantitative estimate of drug-likeness (QED) is 0.920. The van der Waals surface area contributed by atoms with Crippen molar-refractivity contribution in [3.63, 3.8) is 0 Å². The van der Waals surface area contributed by atoms with Crippen LogP contribution in [0.2, 0.25) is 5.02 Å². The first kappa shape index (κ1) is 14.8. The Morgan fingerprint density at radius 1 is 1.18 bits per heavy atom. The monoisotopic (exact) mass is 319 g/mol. The van der Waals surface area contributed by atoms with E-state index >= 15 is 0 Å². The fourth-order valence-corrected chi connectivity index (χ4v) is 2.82. The Morgan fingerprint density at radius 2 is 1.91 bits per heavy atom. The first-order chi connectivity index (χ1) is 10.5. The predicted molar refractivity (Wildman–Crippen MR) is 85.4 cm³/mol. The highest BCUT2D eigenvalue weighted by atomic mass is 35.5. The lowest BCUT2D eigenvalue weighted by Crippen LogP contribution is -2.49. The number of nitrogens with one attached hydrogen (secondary N) is 1. The van der Waals surface area contributed by atoms with Gasteiger partial charge < -0.3 is 14.8 Å². The Bertz CT molecular complexity index is 671. The van der Waals surface area contributed by atoms with E-state index in [1.165, 1.54) is 0 Å². The number of carbonyl (C=O) groups is 1. The number of amides is 1. The number of aryl methyl sites for hydroxylation is 2. The van der Waals surface area contributed by atoms with Crippen LogP contribution in [0.1, 0.15) is 22.0 Å². The van der Waals surface area contributed by atoms with E-state index in [4.69, 9.17) is 11.6 Å². The molecule has 1 saturated heterocycles. The number of aromatic nitrogens is 3. The van der Waals surface area contributed by atoms with Crippen LogP contribution in [-0.4, -0.2) is 51.9 Å². The number of halogens is 1. The van der Waals surface area contributed by atoms with Crippen molar-refractivity contribution in [3.05, 3.63) is 40.6 Å². The number of hydrogen-bond donors (Lipinski definition) is 1. The summed E-state index contributed by atoms with van der Waals surface area (Å²) >= 11 is 5.85. The van der Waals surface area contributed by atoms with Crippen molar-refractivity contribution in [2.75, 3.05) is 31.1 Å². The van der Waals surface area contributed by atoms with Crippen LogP contribution in [0.4, 0.5) is 5.82 Å². The molecule has 0 spiro atoms. The Morgan fingerprint density at radius 3 is 2.50 bits per heavy atom. The Balaban J connectivity index is 1.66. The van der Waals surface area contributed by atoms with Gasteiger partial charge in [0.2, 0.25) is 0 Å². The van der Waals surface area contributed by atoms with Gasteiger partial charge in [-0.1, -0.05) is 11.6 Å². The van der Waals surface area contributed by atoms with Crippen LogP contribution in [0.15, 0.2) is 18.3 Å². The minimum absolute atomic E-state index is 0.0124. The summed E-state index contributed by atoms with van der Waals surface area (Å²) in [5.41, 5.74) is 1.49. The van der Waals surface area contributed by atoms with Crippen LogP contribution in [0.3, 0.4) is 0 Å². The van der Waals surface area contributed by atoms with Crippen LogP contribution in [0.25, 0.3) is 0 Å². The molecule has 1 aliphatic heterocycles. The second-order valence-corrected chi connectivity index (χ2v) is 5.86. The van der Waals surface area contributed by atoms with Crippen LogP contribution in [0, 0.1) is 13.8 Å². The van der Waals surface area contributed by atoms with Crippen LogP contribution in [-0.2, 0) is 0 Å². The maximum atomic E-state index is 12.4. The third-order valence-electron chi connectivity index (χ3n) is 3.72. The van der Waals surface area contributed by atoms with Gasteiger partial charge in [0.05, 0.1) is 5.02 Å². The molecule has 0 aromatic carbocycles. The zero-order chi connectivity index (χ0) is 15.7. The van der Waals surface area contributed by atoms with Crippen molar-refractivity contribution in [1.82, 2.24) is 19.9 Å². The number of carbonyl (C=O) groups excluding carboxylic acids is 1. The number of H-pyrrole nitrogens is 1. The number of aromatic amines is 1. The van der Waals surface area contributed by atoms with E-state index in [-0.39, 0.29) is 5.91 Å². The number of hydrogen-bond acceptors (Lipinski definition) is 4. The molecule has 7 heteroatoms. The molecular formula is C15H18ClN5O. The molecule has 1 fully saturated rings. The van der Waals surface area contributed by atoms with Gasteiger partial charge >= 0.3 is 0 Å². The molecule has 116 valence electrons. The summed E-state index contributed by atoms with van der Waals surface area (Å²) in [6.07, 6.45) is 1.62. The summed E-state index contributed by atoms with van der Waals surface area (Å²) in [5.74, 6) is 1.69. The lowest BCUT2D eigenvalue weighted by atomic mass is 10.2. The van der Waals surface area contributed by atoms with Crippen molar-refractivity contribution in [2.45, 2.75) is 13.8 Å². The lowest BCUT2D eigenvalue weighted by Gasteiger charge is -2.35. The zero-order valence-electron chi connectivity index (χ0n) is 12.6. The van der Waals surface area contributed by atoms with Gasteiger partial charge in [0.1, 0.15) is 17.3 Å². The van der Waals surface area contributed by atoms with Gasteiger partial charge in [-0.05, 0) is 19.9 Å². The molecule has 0 aliphatic carbocycles. The minimum Gasteiger partial charge on any atom is -0.356 e. The van der Waals surface area contributed by atoms with Gasteiger partial charge in [0, 0.05) is 44.1 Å². The van der Waals surface area contributed by atoms with Crippen molar-refractivity contribution >= 4 is 23.3 Å². The number of piperazine rings is 1. The predicted octanol–water partition coefficient (Wildman–Crippen LogP) is 2.04. The molecule has 1 amide bonds. The van der Waals surface area contributed by atoms with E-state index in [0.29, 0.717) is 23.8 Å². The highest BCUT2D eigenvalue weighted by molar-refractivity contribution is 6.30. The molecular weight excluding hydrogens is 302 g/mol. The molecule has 3 rings (SSSR count). The van der Waals surface area contributed by atoms with Gasteiger partial charge in [-0.15, -0.1) is 0 Å². The average molecular weight is 320 g/mol. The third kappa shape index (κ3) is 3.06. The topological polar surface area (TPSA) is 65.1 Å². The summed E-state index contributed by atoms with van der Waals surface area (Å²) in [6.45, 7) is 6.71. The summed E-state index contributed by atoms with van der Waals surface area (Å²) < 4.78 is 0. The second kappa shape index (κ2) is 5.96. The SMILES string of the molecule is Cc1cc(N2CCN(C(=O)c3cc(Cl)c[nH]3)CC2)nc(C)n1. The second-order valence-electron chi connectivity index (χ2n) is 5.43. The van der Waals surface area contributed by atoms with E-state index in [2.05, 4.69) is 19.9 Å². The Labute approximate surface area is 134 Å². The summed E-state index contributed by atoms with van der Waals surface area (Å²) in [5, 5.41) is 0.550. The molecule has 22 heavy (non-hydrogen) atoms. The van der Waals surface area contributed by atoms with Crippen molar-refractivity contribution < 1.29 is 4.79 Å².